The minimum atomic E-state index is -0.732. The number of hydrogen-bond donors (Lipinski definition) is 2. The van der Waals surface area contributed by atoms with Gasteiger partial charge in [0.05, 0.1) is 5.56 Å². The van der Waals surface area contributed by atoms with Crippen LogP contribution in [0.2, 0.25) is 0 Å². The van der Waals surface area contributed by atoms with Gasteiger partial charge in [-0.2, -0.15) is 0 Å². The lowest BCUT2D eigenvalue weighted by atomic mass is 9.91. The molecule has 1 aliphatic carbocycles. The second-order valence-corrected chi connectivity index (χ2v) is 9.63. The Balaban J connectivity index is 1.31. The predicted molar refractivity (Wildman–Crippen MR) is 148 cm³/mol. The fourth-order valence-corrected chi connectivity index (χ4v) is 4.83. The van der Waals surface area contributed by atoms with Crippen molar-refractivity contribution in [1.82, 2.24) is 10.6 Å². The number of hydrogen-bond acceptors (Lipinski definition) is 4. The zero-order chi connectivity index (χ0) is 26.5. The van der Waals surface area contributed by atoms with Crippen molar-refractivity contribution in [3.63, 3.8) is 0 Å². The van der Waals surface area contributed by atoms with E-state index >= 15 is 0 Å². The van der Waals surface area contributed by atoms with Gasteiger partial charge < -0.3 is 10.2 Å². The van der Waals surface area contributed by atoms with Gasteiger partial charge in [0.25, 0.3) is 5.91 Å². The van der Waals surface area contributed by atoms with Gasteiger partial charge in [-0.1, -0.05) is 72.5 Å². The molecule has 3 amide bonds. The van der Waals surface area contributed by atoms with Gasteiger partial charge >= 0.3 is 0 Å². The summed E-state index contributed by atoms with van der Waals surface area (Å²) in [7, 11) is 2.09. The summed E-state index contributed by atoms with van der Waals surface area (Å²) in [6, 6.07) is 23.8. The highest BCUT2D eigenvalue weighted by atomic mass is 16.2. The number of imide groups is 1. The first-order valence-corrected chi connectivity index (χ1v) is 12.8. The van der Waals surface area contributed by atoms with E-state index in [4.69, 9.17) is 0 Å². The number of carbonyl (C=O) groups excluding carboxylic acids is 3. The fourth-order valence-electron chi connectivity index (χ4n) is 4.83. The molecule has 0 spiro atoms. The summed E-state index contributed by atoms with van der Waals surface area (Å²) in [6.45, 7) is 0.815. The molecule has 1 unspecified atom stereocenters. The number of nitrogens with zero attached hydrogens (tertiary/aromatic N) is 1. The summed E-state index contributed by atoms with van der Waals surface area (Å²) in [5, 5.41) is 5.06. The molecule has 1 fully saturated rings. The smallest absolute Gasteiger partial charge is 0.253 e. The average Bonchev–Trinajstić information content (AvgIpc) is 3.14. The number of fused-ring (bicyclic) bond motifs is 1. The molecule has 0 aromatic heterocycles. The highest BCUT2D eigenvalue weighted by Gasteiger charge is 2.29. The van der Waals surface area contributed by atoms with E-state index in [0.29, 0.717) is 30.4 Å². The van der Waals surface area contributed by atoms with Crippen LogP contribution in [0.1, 0.15) is 51.9 Å². The van der Waals surface area contributed by atoms with Gasteiger partial charge in [-0.05, 0) is 53.3 Å². The van der Waals surface area contributed by atoms with Crippen LogP contribution in [0, 0.1) is 11.8 Å². The first-order chi connectivity index (χ1) is 18.5. The van der Waals surface area contributed by atoms with Gasteiger partial charge in [0.2, 0.25) is 11.8 Å². The maximum absolute atomic E-state index is 13.1. The summed E-state index contributed by atoms with van der Waals surface area (Å²) in [5.41, 5.74) is 6.71. The van der Waals surface area contributed by atoms with Crippen LogP contribution in [0.3, 0.4) is 0 Å². The number of piperidine rings is 1. The van der Waals surface area contributed by atoms with Crippen molar-refractivity contribution in [2.24, 2.45) is 0 Å². The van der Waals surface area contributed by atoms with Crippen LogP contribution in [-0.4, -0.2) is 30.8 Å². The van der Waals surface area contributed by atoms with Crippen molar-refractivity contribution < 1.29 is 14.4 Å². The van der Waals surface area contributed by atoms with Crippen LogP contribution >= 0.6 is 0 Å². The molecule has 3 aromatic rings. The molecule has 1 atom stereocenters. The van der Waals surface area contributed by atoms with Crippen molar-refractivity contribution in [3.05, 3.63) is 107 Å². The Bertz CT molecular complexity index is 1460. The van der Waals surface area contributed by atoms with Gasteiger partial charge in [0.15, 0.2) is 0 Å². The van der Waals surface area contributed by atoms with E-state index < -0.39 is 11.9 Å². The van der Waals surface area contributed by atoms with E-state index in [2.05, 4.69) is 76.9 Å². The van der Waals surface area contributed by atoms with Crippen LogP contribution in [0.4, 0.5) is 5.69 Å². The number of carbonyl (C=O) groups is 3. The molecule has 1 aliphatic heterocycles. The lowest BCUT2D eigenvalue weighted by molar-refractivity contribution is -0.134. The fraction of sp³-hybridized carbons (Fsp3) is 0.219. The third-order valence-corrected chi connectivity index (χ3v) is 6.90. The Morgan fingerprint density at radius 3 is 2.53 bits per heavy atom. The van der Waals surface area contributed by atoms with Crippen LogP contribution in [0.15, 0.2) is 78.9 Å². The molecular formula is C32H29N3O3. The molecule has 1 saturated heterocycles. The largest absolute Gasteiger partial charge is 0.370 e. The number of allylic oxidation sites excluding steroid dienone is 2. The van der Waals surface area contributed by atoms with Gasteiger partial charge in [0.1, 0.15) is 6.04 Å². The van der Waals surface area contributed by atoms with Crippen LogP contribution in [0.25, 0.3) is 5.57 Å². The number of nitrogens with one attached hydrogen (secondary N) is 2. The monoisotopic (exact) mass is 503 g/mol. The molecule has 3 aromatic carbocycles. The molecule has 2 aliphatic rings. The van der Waals surface area contributed by atoms with Crippen molar-refractivity contribution in [1.29, 1.82) is 0 Å². The minimum absolute atomic E-state index is 0.206. The number of anilines is 1. The van der Waals surface area contributed by atoms with Crippen LogP contribution < -0.4 is 15.5 Å². The topological polar surface area (TPSA) is 78.5 Å². The Hall–Kier alpha value is -4.63. The third kappa shape index (κ3) is 5.68. The van der Waals surface area contributed by atoms with Crippen LogP contribution in [0.5, 0.6) is 0 Å². The van der Waals surface area contributed by atoms with Crippen molar-refractivity contribution in [3.8, 4) is 11.8 Å². The number of amides is 3. The van der Waals surface area contributed by atoms with Gasteiger partial charge in [-0.15, -0.1) is 0 Å². The Kier molecular flexibility index (Phi) is 7.37. The quantitative estimate of drug-likeness (QED) is 0.374. The third-order valence-electron chi connectivity index (χ3n) is 6.90. The number of benzene rings is 3. The lowest BCUT2D eigenvalue weighted by Gasteiger charge is -2.22. The second kappa shape index (κ2) is 11.2. The second-order valence-electron chi connectivity index (χ2n) is 9.63. The molecule has 6 heteroatoms. The van der Waals surface area contributed by atoms with E-state index in [1.165, 1.54) is 16.8 Å². The van der Waals surface area contributed by atoms with Crippen LogP contribution in [-0.2, 0) is 22.6 Å². The molecule has 0 bridgehead atoms. The molecule has 38 heavy (non-hydrogen) atoms. The molecule has 0 radical (unpaired) electrons. The normalized spacial score (nSPS) is 16.2. The van der Waals surface area contributed by atoms with E-state index in [1.54, 1.807) is 6.07 Å². The first kappa shape index (κ1) is 25.0. The maximum atomic E-state index is 13.1. The highest BCUT2D eigenvalue weighted by Crippen LogP contribution is 2.28. The highest BCUT2D eigenvalue weighted by molar-refractivity contribution is 6.05. The summed E-state index contributed by atoms with van der Waals surface area (Å²) in [4.78, 5) is 39.0. The molecule has 5 rings (SSSR count). The molecule has 190 valence electrons. The molecule has 0 saturated carbocycles. The summed E-state index contributed by atoms with van der Waals surface area (Å²) in [5.74, 6) is 5.17. The number of rotatable bonds is 7. The Morgan fingerprint density at radius 2 is 1.76 bits per heavy atom. The Labute approximate surface area is 222 Å². The van der Waals surface area contributed by atoms with Crippen molar-refractivity contribution in [2.75, 3.05) is 11.9 Å². The summed E-state index contributed by atoms with van der Waals surface area (Å²) in [6.07, 6.45) is 3.93. The lowest BCUT2D eigenvalue weighted by Crippen LogP contribution is -2.52. The zero-order valence-corrected chi connectivity index (χ0v) is 21.3. The minimum Gasteiger partial charge on any atom is -0.370 e. The Morgan fingerprint density at radius 1 is 1.00 bits per heavy atom. The molecule has 2 N–H and O–H groups in total. The van der Waals surface area contributed by atoms with Crippen molar-refractivity contribution >= 4 is 29.0 Å². The maximum Gasteiger partial charge on any atom is 0.253 e. The predicted octanol–water partition coefficient (Wildman–Crippen LogP) is 4.24. The first-order valence-electron chi connectivity index (χ1n) is 12.8. The molecule has 1 heterocycles. The summed E-state index contributed by atoms with van der Waals surface area (Å²) >= 11 is 0. The average molecular weight is 504 g/mol. The summed E-state index contributed by atoms with van der Waals surface area (Å²) < 4.78 is 0. The van der Waals surface area contributed by atoms with E-state index in [9.17, 15) is 14.4 Å². The molecular weight excluding hydrogens is 474 g/mol. The van der Waals surface area contributed by atoms with E-state index in [-0.39, 0.29) is 18.2 Å². The zero-order valence-electron chi connectivity index (χ0n) is 21.3. The van der Waals surface area contributed by atoms with Crippen molar-refractivity contribution in [2.45, 2.75) is 38.3 Å². The van der Waals surface area contributed by atoms with E-state index in [1.807, 2.05) is 30.3 Å². The van der Waals surface area contributed by atoms with Gasteiger partial charge in [-0.25, -0.2) is 0 Å². The van der Waals surface area contributed by atoms with Gasteiger partial charge in [-0.3, -0.25) is 19.7 Å². The SMILES string of the molecule is CN(Cc1ccc(CC2=CCC#Cc3c(C(=O)NC4CCC(=O)NC4=O)cccc32)cc1)c1ccccc1. The number of para-hydroxylation sites is 1. The van der Waals surface area contributed by atoms with E-state index in [0.717, 1.165) is 17.7 Å². The molecule has 6 nitrogen and oxygen atoms in total. The standard InChI is InChI=1S/C32H29N3O3/c1-35(25-9-3-2-4-10-25)21-23-16-14-22(15-17-23)20-24-8-5-6-11-27-26(24)12-7-13-28(27)31(37)33-29-18-19-30(36)34-32(29)38/h2-4,7-10,12-17,29H,5,18-21H2,1H3,(H,33,37)(H,34,36,38). The van der Waals surface area contributed by atoms with Gasteiger partial charge in [0, 0.05) is 37.7 Å².